The summed E-state index contributed by atoms with van der Waals surface area (Å²) in [4.78, 5) is 81.3. The number of carboxylic acids is 2. The number of aliphatic carboxylic acids is 2. The Morgan fingerprint density at radius 1 is 0.765 bits per heavy atom. The molecule has 5 amide bonds. The maximum atomic E-state index is 12.6. The highest BCUT2D eigenvalue weighted by molar-refractivity contribution is 5.96. The molecule has 5 unspecified atom stereocenters. The second kappa shape index (κ2) is 14.4. The predicted octanol–water partition coefficient (Wildman–Crippen LogP) is -4.76. The fraction of sp³-hybridized carbons (Fsp3) is 0.611. The number of nitrogens with two attached hydrogens (primary N) is 3. The number of carbonyl (C=O) groups is 7. The molecule has 0 spiro atoms. The highest BCUT2D eigenvalue weighted by atomic mass is 16.4. The lowest BCUT2D eigenvalue weighted by atomic mass is 10.1. The number of amides is 5. The zero-order chi connectivity index (χ0) is 26.6. The van der Waals surface area contributed by atoms with Gasteiger partial charge in [-0.05, 0) is 19.8 Å². The molecule has 16 heteroatoms. The molecule has 192 valence electrons. The van der Waals surface area contributed by atoms with Crippen molar-refractivity contribution in [1.29, 1.82) is 0 Å². The van der Waals surface area contributed by atoms with E-state index in [1.54, 1.807) is 0 Å². The van der Waals surface area contributed by atoms with Crippen LogP contribution in [0.3, 0.4) is 0 Å². The number of rotatable bonds is 16. The summed E-state index contributed by atoms with van der Waals surface area (Å²) in [5, 5.41) is 34.3. The minimum absolute atomic E-state index is 0.177. The molecule has 0 heterocycles. The zero-order valence-electron chi connectivity index (χ0n) is 18.4. The van der Waals surface area contributed by atoms with Gasteiger partial charge in [0.05, 0.1) is 18.6 Å². The largest absolute Gasteiger partial charge is 0.481 e. The van der Waals surface area contributed by atoms with Crippen molar-refractivity contribution >= 4 is 41.5 Å². The highest BCUT2D eigenvalue weighted by Crippen LogP contribution is 2.03. The fourth-order valence-electron chi connectivity index (χ4n) is 2.56. The summed E-state index contributed by atoms with van der Waals surface area (Å²) in [5.74, 6) is -7.88. The average molecular weight is 490 g/mol. The van der Waals surface area contributed by atoms with E-state index < -0.39 is 78.2 Å². The van der Waals surface area contributed by atoms with Gasteiger partial charge in [-0.3, -0.25) is 28.8 Å². The first-order chi connectivity index (χ1) is 15.6. The van der Waals surface area contributed by atoms with Crippen LogP contribution in [-0.4, -0.2) is 87.1 Å². The van der Waals surface area contributed by atoms with Crippen molar-refractivity contribution in [2.24, 2.45) is 17.2 Å². The average Bonchev–Trinajstić information content (AvgIpc) is 2.71. The van der Waals surface area contributed by atoms with Crippen LogP contribution in [-0.2, 0) is 33.6 Å². The van der Waals surface area contributed by atoms with Crippen molar-refractivity contribution in [3.63, 3.8) is 0 Å². The van der Waals surface area contributed by atoms with Gasteiger partial charge in [-0.1, -0.05) is 0 Å². The molecule has 0 saturated carbocycles. The number of primary amides is 2. The van der Waals surface area contributed by atoms with Gasteiger partial charge in [0, 0.05) is 12.8 Å². The van der Waals surface area contributed by atoms with Gasteiger partial charge in [0.2, 0.25) is 29.5 Å². The van der Waals surface area contributed by atoms with Crippen LogP contribution in [0.5, 0.6) is 0 Å². The summed E-state index contributed by atoms with van der Waals surface area (Å²) in [6.45, 7) is 1.09. The third-order valence-corrected chi connectivity index (χ3v) is 4.41. The Bertz CT molecular complexity index is 802. The van der Waals surface area contributed by atoms with E-state index >= 15 is 0 Å². The van der Waals surface area contributed by atoms with Crippen LogP contribution in [0.15, 0.2) is 0 Å². The van der Waals surface area contributed by atoms with Gasteiger partial charge in [0.25, 0.3) is 0 Å². The molecule has 0 aliphatic heterocycles. The minimum Gasteiger partial charge on any atom is -0.481 e. The number of aliphatic hydroxyl groups is 1. The lowest BCUT2D eigenvalue weighted by Gasteiger charge is -2.26. The molecule has 0 saturated heterocycles. The van der Waals surface area contributed by atoms with E-state index in [0.717, 1.165) is 6.92 Å². The highest BCUT2D eigenvalue weighted by Gasteiger charge is 2.33. The maximum absolute atomic E-state index is 12.6. The molecule has 0 aromatic heterocycles. The molecule has 16 nitrogen and oxygen atoms in total. The molecule has 0 aromatic rings. The van der Waals surface area contributed by atoms with Crippen molar-refractivity contribution in [2.45, 2.75) is 69.3 Å². The number of hydrogen-bond acceptors (Lipinski definition) is 9. The van der Waals surface area contributed by atoms with Crippen LogP contribution in [0.25, 0.3) is 0 Å². The summed E-state index contributed by atoms with van der Waals surface area (Å²) in [7, 11) is 0. The van der Waals surface area contributed by atoms with Crippen LogP contribution < -0.4 is 33.2 Å². The molecule has 0 aliphatic rings. The van der Waals surface area contributed by atoms with Gasteiger partial charge < -0.3 is 48.5 Å². The standard InChI is InChI=1S/C18H30N6O10/c1-7(25)14(17(32)22-9(18(33)34)3-5-12(21)27)24-16(31)10(6-13(28)29)23-15(30)8(19)2-4-11(20)26/h7-10,14,25H,2-6,19H2,1H3,(H2,20,26)(H2,21,27)(H,22,32)(H,23,30)(H,24,31)(H,28,29)(H,33,34). The maximum Gasteiger partial charge on any atom is 0.326 e. The second-order valence-electron chi connectivity index (χ2n) is 7.40. The first-order valence-electron chi connectivity index (χ1n) is 10.0. The summed E-state index contributed by atoms with van der Waals surface area (Å²) < 4.78 is 0. The predicted molar refractivity (Wildman–Crippen MR) is 112 cm³/mol. The normalized spacial score (nSPS) is 15.0. The first kappa shape index (κ1) is 30.2. The van der Waals surface area contributed by atoms with Crippen molar-refractivity contribution < 1.29 is 48.9 Å². The monoisotopic (exact) mass is 490 g/mol. The topological polar surface area (TPSA) is 294 Å². The minimum atomic E-state index is -1.75. The quantitative estimate of drug-likeness (QED) is 0.0988. The Balaban J connectivity index is 5.42. The third-order valence-electron chi connectivity index (χ3n) is 4.41. The third kappa shape index (κ3) is 11.7. The van der Waals surface area contributed by atoms with E-state index in [9.17, 15) is 43.8 Å². The van der Waals surface area contributed by atoms with Gasteiger partial charge in [0.15, 0.2) is 0 Å². The fourth-order valence-corrected chi connectivity index (χ4v) is 2.56. The molecule has 12 N–H and O–H groups in total. The number of aliphatic hydroxyl groups excluding tert-OH is 1. The molecule has 5 atom stereocenters. The van der Waals surface area contributed by atoms with Crippen molar-refractivity contribution in [3.05, 3.63) is 0 Å². The van der Waals surface area contributed by atoms with E-state index in [0.29, 0.717) is 0 Å². The van der Waals surface area contributed by atoms with Gasteiger partial charge in [-0.15, -0.1) is 0 Å². The number of nitrogens with one attached hydrogen (secondary N) is 3. The van der Waals surface area contributed by atoms with E-state index in [1.165, 1.54) is 0 Å². The van der Waals surface area contributed by atoms with Crippen LogP contribution in [0, 0.1) is 0 Å². The van der Waals surface area contributed by atoms with Gasteiger partial charge in [-0.25, -0.2) is 4.79 Å². The summed E-state index contributed by atoms with van der Waals surface area (Å²) in [6, 6.07) is -6.35. The first-order valence-corrected chi connectivity index (χ1v) is 10.0. The molecule has 0 aliphatic carbocycles. The number of carboxylic acid groups (broad SMARTS) is 2. The molecule has 0 rings (SSSR count). The summed E-state index contributed by atoms with van der Waals surface area (Å²) in [5.41, 5.74) is 15.5. The lowest BCUT2D eigenvalue weighted by molar-refractivity contribution is -0.144. The molecule has 34 heavy (non-hydrogen) atoms. The van der Waals surface area contributed by atoms with Crippen molar-refractivity contribution in [2.75, 3.05) is 0 Å². The molecular weight excluding hydrogens is 460 g/mol. The Morgan fingerprint density at radius 2 is 1.26 bits per heavy atom. The smallest absolute Gasteiger partial charge is 0.326 e. The summed E-state index contributed by atoms with van der Waals surface area (Å²) in [6.07, 6.45) is -3.65. The molecular formula is C18H30N6O10. The molecule has 0 fully saturated rings. The van der Waals surface area contributed by atoms with E-state index in [-0.39, 0.29) is 25.7 Å². The van der Waals surface area contributed by atoms with E-state index in [1.807, 2.05) is 10.6 Å². The van der Waals surface area contributed by atoms with Crippen LogP contribution >= 0.6 is 0 Å². The van der Waals surface area contributed by atoms with Crippen LogP contribution in [0.1, 0.15) is 39.0 Å². The van der Waals surface area contributed by atoms with Gasteiger partial charge in [0.1, 0.15) is 18.1 Å². The Hall–Kier alpha value is -3.79. The van der Waals surface area contributed by atoms with E-state index in [2.05, 4.69) is 5.32 Å². The second-order valence-corrected chi connectivity index (χ2v) is 7.40. The Morgan fingerprint density at radius 3 is 1.71 bits per heavy atom. The summed E-state index contributed by atoms with van der Waals surface area (Å²) >= 11 is 0. The van der Waals surface area contributed by atoms with Crippen LogP contribution in [0.2, 0.25) is 0 Å². The Labute approximate surface area is 193 Å². The molecule has 0 bridgehead atoms. The number of carbonyl (C=O) groups excluding carboxylic acids is 5. The lowest BCUT2D eigenvalue weighted by Crippen LogP contribution is -2.60. The van der Waals surface area contributed by atoms with Gasteiger partial charge in [-0.2, -0.15) is 0 Å². The van der Waals surface area contributed by atoms with Crippen LogP contribution in [0.4, 0.5) is 0 Å². The van der Waals surface area contributed by atoms with Crippen molar-refractivity contribution in [1.82, 2.24) is 16.0 Å². The molecule has 0 aromatic carbocycles. The van der Waals surface area contributed by atoms with Gasteiger partial charge >= 0.3 is 11.9 Å². The van der Waals surface area contributed by atoms with Crippen molar-refractivity contribution in [3.8, 4) is 0 Å². The SMILES string of the molecule is CC(O)C(NC(=O)C(CC(=O)O)NC(=O)C(N)CCC(N)=O)C(=O)NC(CCC(N)=O)C(=O)O. The zero-order valence-corrected chi connectivity index (χ0v) is 18.4. The number of hydrogen-bond donors (Lipinski definition) is 9. The Kier molecular flexibility index (Phi) is 12.8. The van der Waals surface area contributed by atoms with E-state index in [4.69, 9.17) is 22.3 Å². The molecule has 0 radical (unpaired) electrons.